The monoisotopic (exact) mass is 418 g/mol. The minimum atomic E-state index is -0.611. The van der Waals surface area contributed by atoms with Gasteiger partial charge in [-0.15, -0.1) is 0 Å². The van der Waals surface area contributed by atoms with E-state index in [9.17, 15) is 14.7 Å². The van der Waals surface area contributed by atoms with Crippen molar-refractivity contribution in [3.8, 4) is 0 Å². The number of amides is 1. The standard InChI is InChI=1S/C26H30N2O3/c1-17-7-6-10-20(15-17)23-22(25(30)26(31)28(23)14-13-27(2)3)24(29)21-12-11-18-8-4-5-9-19(18)16-21/h6-7,10-12,15-16,23,29H,4-5,8-9,13-14H2,1-3H3/b24-22-. The summed E-state index contributed by atoms with van der Waals surface area (Å²) in [6, 6.07) is 13.1. The Morgan fingerprint density at radius 2 is 1.81 bits per heavy atom. The van der Waals surface area contributed by atoms with Crippen LogP contribution in [0.15, 0.2) is 48.0 Å². The summed E-state index contributed by atoms with van der Waals surface area (Å²) in [5.74, 6) is -1.24. The molecule has 0 aromatic heterocycles. The van der Waals surface area contributed by atoms with Crippen molar-refractivity contribution in [3.63, 3.8) is 0 Å². The Balaban J connectivity index is 1.83. The molecule has 4 rings (SSSR count). The van der Waals surface area contributed by atoms with Crippen molar-refractivity contribution in [3.05, 3.63) is 75.9 Å². The van der Waals surface area contributed by atoms with Gasteiger partial charge in [-0.3, -0.25) is 9.59 Å². The number of likely N-dealkylation sites (N-methyl/N-ethyl adjacent to an activating group) is 1. The van der Waals surface area contributed by atoms with E-state index in [4.69, 9.17) is 0 Å². The third kappa shape index (κ3) is 4.15. The number of rotatable bonds is 5. The molecule has 1 unspecified atom stereocenters. The fourth-order valence-electron chi connectivity index (χ4n) is 4.64. The molecule has 0 spiro atoms. The molecule has 31 heavy (non-hydrogen) atoms. The molecule has 1 amide bonds. The Labute approximate surface area is 184 Å². The number of nitrogens with zero attached hydrogens (tertiary/aromatic N) is 2. The van der Waals surface area contributed by atoms with Crippen LogP contribution < -0.4 is 0 Å². The van der Waals surface area contributed by atoms with Crippen LogP contribution in [-0.2, 0) is 22.4 Å². The number of carbonyl (C=O) groups is 2. The molecule has 1 atom stereocenters. The Morgan fingerprint density at radius 3 is 2.52 bits per heavy atom. The van der Waals surface area contributed by atoms with Gasteiger partial charge in [0, 0.05) is 18.7 Å². The second kappa shape index (κ2) is 8.67. The molecule has 5 nitrogen and oxygen atoms in total. The highest BCUT2D eigenvalue weighted by atomic mass is 16.3. The van der Waals surface area contributed by atoms with E-state index in [1.165, 1.54) is 17.5 Å². The van der Waals surface area contributed by atoms with Gasteiger partial charge in [-0.1, -0.05) is 42.0 Å². The van der Waals surface area contributed by atoms with Crippen LogP contribution in [0.3, 0.4) is 0 Å². The molecule has 0 radical (unpaired) electrons. The molecule has 0 bridgehead atoms. The zero-order chi connectivity index (χ0) is 22.1. The zero-order valence-corrected chi connectivity index (χ0v) is 18.5. The van der Waals surface area contributed by atoms with Crippen molar-refractivity contribution in [2.75, 3.05) is 27.2 Å². The second-order valence-electron chi connectivity index (χ2n) is 8.90. The maximum Gasteiger partial charge on any atom is 0.295 e. The Kier molecular flexibility index (Phi) is 5.96. The minimum absolute atomic E-state index is 0.0782. The average Bonchev–Trinajstić information content (AvgIpc) is 3.01. The Hall–Kier alpha value is -2.92. The number of benzene rings is 2. The molecular weight excluding hydrogens is 388 g/mol. The molecule has 0 saturated carbocycles. The topological polar surface area (TPSA) is 60.9 Å². The normalized spacial score (nSPS) is 20.4. The number of fused-ring (bicyclic) bond motifs is 1. The number of Topliss-reactive ketones (excluding diaryl/α,β-unsaturated/α-hetero) is 1. The number of carbonyl (C=O) groups excluding carboxylic acids is 2. The van der Waals surface area contributed by atoms with Gasteiger partial charge in [-0.25, -0.2) is 0 Å². The smallest absolute Gasteiger partial charge is 0.295 e. The predicted octanol–water partition coefficient (Wildman–Crippen LogP) is 3.86. The Bertz CT molecular complexity index is 1050. The quantitative estimate of drug-likeness (QED) is 0.455. The lowest BCUT2D eigenvalue weighted by atomic mass is 9.88. The van der Waals surface area contributed by atoms with Gasteiger partial charge in [-0.05, 0) is 69.5 Å². The van der Waals surface area contributed by atoms with Gasteiger partial charge in [0.2, 0.25) is 0 Å². The maximum absolute atomic E-state index is 13.1. The number of aliphatic hydroxyl groups excluding tert-OH is 1. The first-order valence-corrected chi connectivity index (χ1v) is 11.0. The summed E-state index contributed by atoms with van der Waals surface area (Å²) < 4.78 is 0. The van der Waals surface area contributed by atoms with E-state index in [0.717, 1.165) is 30.4 Å². The van der Waals surface area contributed by atoms with Gasteiger partial charge in [0.25, 0.3) is 11.7 Å². The van der Waals surface area contributed by atoms with Gasteiger partial charge in [-0.2, -0.15) is 0 Å². The predicted molar refractivity (Wildman–Crippen MR) is 122 cm³/mol. The molecule has 1 saturated heterocycles. The fraction of sp³-hybridized carbons (Fsp3) is 0.385. The van der Waals surface area contributed by atoms with Gasteiger partial charge in [0.05, 0.1) is 11.6 Å². The summed E-state index contributed by atoms with van der Waals surface area (Å²) in [7, 11) is 3.87. The van der Waals surface area contributed by atoms with Crippen molar-refractivity contribution < 1.29 is 14.7 Å². The van der Waals surface area contributed by atoms with E-state index in [1.54, 1.807) is 4.90 Å². The van der Waals surface area contributed by atoms with E-state index < -0.39 is 17.7 Å². The van der Waals surface area contributed by atoms with E-state index in [0.29, 0.717) is 18.7 Å². The molecule has 1 aliphatic heterocycles. The van der Waals surface area contributed by atoms with Crippen LogP contribution in [0.25, 0.3) is 5.76 Å². The highest BCUT2D eigenvalue weighted by Gasteiger charge is 2.45. The van der Waals surface area contributed by atoms with Gasteiger partial charge >= 0.3 is 0 Å². The highest BCUT2D eigenvalue weighted by molar-refractivity contribution is 6.46. The Morgan fingerprint density at radius 1 is 1.06 bits per heavy atom. The third-order valence-electron chi connectivity index (χ3n) is 6.31. The number of ketones is 1. The third-order valence-corrected chi connectivity index (χ3v) is 6.31. The molecule has 1 N–H and O–H groups in total. The summed E-state index contributed by atoms with van der Waals surface area (Å²) >= 11 is 0. The molecule has 5 heteroatoms. The van der Waals surface area contributed by atoms with Crippen molar-refractivity contribution >= 4 is 17.4 Å². The molecule has 1 aliphatic carbocycles. The fourth-order valence-corrected chi connectivity index (χ4v) is 4.64. The number of hydrogen-bond acceptors (Lipinski definition) is 4. The number of likely N-dealkylation sites (tertiary alicyclic amines) is 1. The first kappa shape index (κ1) is 21.3. The molecule has 1 heterocycles. The first-order valence-electron chi connectivity index (χ1n) is 11.0. The van der Waals surface area contributed by atoms with E-state index in [-0.39, 0.29) is 11.3 Å². The van der Waals surface area contributed by atoms with Crippen LogP contribution in [0.1, 0.15) is 46.7 Å². The summed E-state index contributed by atoms with van der Waals surface area (Å²) in [4.78, 5) is 29.7. The van der Waals surface area contributed by atoms with Crippen LogP contribution in [-0.4, -0.2) is 53.8 Å². The molecule has 162 valence electrons. The minimum Gasteiger partial charge on any atom is -0.507 e. The highest BCUT2D eigenvalue weighted by Crippen LogP contribution is 2.40. The summed E-state index contributed by atoms with van der Waals surface area (Å²) in [5.41, 5.74) is 5.23. The first-order chi connectivity index (χ1) is 14.9. The van der Waals surface area contributed by atoms with Crippen molar-refractivity contribution in [2.24, 2.45) is 0 Å². The lowest BCUT2D eigenvalue weighted by Gasteiger charge is -2.27. The summed E-state index contributed by atoms with van der Waals surface area (Å²) in [6.07, 6.45) is 4.35. The van der Waals surface area contributed by atoms with E-state index in [2.05, 4.69) is 0 Å². The lowest BCUT2D eigenvalue weighted by molar-refractivity contribution is -0.140. The number of aliphatic hydroxyl groups is 1. The van der Waals surface area contributed by atoms with Crippen LogP contribution in [0.4, 0.5) is 0 Å². The molecule has 2 aliphatic rings. The van der Waals surface area contributed by atoms with Crippen LogP contribution in [0.5, 0.6) is 0 Å². The van der Waals surface area contributed by atoms with Crippen LogP contribution in [0, 0.1) is 6.92 Å². The molecule has 2 aromatic rings. The van der Waals surface area contributed by atoms with Gasteiger partial charge < -0.3 is 14.9 Å². The summed E-state index contributed by atoms with van der Waals surface area (Å²) in [5, 5.41) is 11.3. The number of hydrogen-bond donors (Lipinski definition) is 1. The average molecular weight is 419 g/mol. The largest absolute Gasteiger partial charge is 0.507 e. The zero-order valence-electron chi connectivity index (χ0n) is 18.5. The van der Waals surface area contributed by atoms with Gasteiger partial charge in [0.1, 0.15) is 5.76 Å². The van der Waals surface area contributed by atoms with Crippen LogP contribution in [0.2, 0.25) is 0 Å². The lowest BCUT2D eigenvalue weighted by Crippen LogP contribution is -2.35. The van der Waals surface area contributed by atoms with Crippen molar-refractivity contribution in [1.82, 2.24) is 9.80 Å². The second-order valence-corrected chi connectivity index (χ2v) is 8.90. The molecular formula is C26H30N2O3. The van der Waals surface area contributed by atoms with Crippen LogP contribution >= 0.6 is 0 Å². The van der Waals surface area contributed by atoms with Crippen molar-refractivity contribution in [2.45, 2.75) is 38.6 Å². The molecule has 1 fully saturated rings. The van der Waals surface area contributed by atoms with E-state index >= 15 is 0 Å². The summed E-state index contributed by atoms with van der Waals surface area (Å²) in [6.45, 7) is 3.03. The number of aryl methyl sites for hydroxylation is 3. The van der Waals surface area contributed by atoms with E-state index in [1.807, 2.05) is 68.4 Å². The molecule has 2 aromatic carbocycles. The van der Waals surface area contributed by atoms with Gasteiger partial charge in [0.15, 0.2) is 0 Å². The SMILES string of the molecule is Cc1cccc(C2/C(=C(/O)c3ccc4c(c3)CCCC4)C(=O)C(=O)N2CCN(C)C)c1. The maximum atomic E-state index is 13.1. The van der Waals surface area contributed by atoms with Crippen molar-refractivity contribution in [1.29, 1.82) is 0 Å².